The smallest absolute Gasteiger partial charge is 0.226 e. The summed E-state index contributed by atoms with van der Waals surface area (Å²) in [5, 5.41) is 1.46. The van der Waals surface area contributed by atoms with Crippen LogP contribution in [0.4, 0.5) is 0 Å². The molecule has 2 aromatic rings. The Morgan fingerprint density at radius 2 is 1.71 bits per heavy atom. The quantitative estimate of drug-likeness (QED) is 0.356. The van der Waals surface area contributed by atoms with Gasteiger partial charge in [0.1, 0.15) is 0 Å². The number of halogens is 2. The predicted molar refractivity (Wildman–Crippen MR) is 148 cm³/mol. The van der Waals surface area contributed by atoms with Crippen molar-refractivity contribution in [3.05, 3.63) is 52.3 Å². The molecule has 0 N–H and O–H groups in total. The molecular formula is C28H38Cl2N2O2Si. The Labute approximate surface area is 221 Å². The Kier molecular flexibility index (Phi) is 8.02. The third-order valence-electron chi connectivity index (χ3n) is 8.29. The molecule has 1 aromatic heterocycles. The lowest BCUT2D eigenvalue weighted by atomic mass is 9.92. The lowest BCUT2D eigenvalue weighted by molar-refractivity contribution is -0.133. The molecule has 1 aromatic carbocycles. The summed E-state index contributed by atoms with van der Waals surface area (Å²) in [5.41, 5.74) is 2.78. The zero-order chi connectivity index (χ0) is 25.4. The first-order valence-electron chi connectivity index (χ1n) is 12.8. The molecule has 1 atom stereocenters. The first kappa shape index (κ1) is 26.7. The van der Waals surface area contributed by atoms with Gasteiger partial charge in [-0.25, -0.2) is 0 Å². The van der Waals surface area contributed by atoms with Crippen LogP contribution in [-0.4, -0.2) is 42.8 Å². The molecule has 0 spiro atoms. The van der Waals surface area contributed by atoms with Gasteiger partial charge < -0.3 is 9.33 Å². The molecule has 1 amide bonds. The van der Waals surface area contributed by atoms with Gasteiger partial charge >= 0.3 is 0 Å². The van der Waals surface area contributed by atoms with Crippen LogP contribution < -0.4 is 0 Å². The van der Waals surface area contributed by atoms with Crippen molar-refractivity contribution in [3.63, 3.8) is 0 Å². The predicted octanol–water partition coefficient (Wildman–Crippen LogP) is 7.78. The van der Waals surface area contributed by atoms with E-state index in [1.807, 2.05) is 24.3 Å². The fourth-order valence-corrected chi connectivity index (χ4v) is 7.19. The molecule has 35 heavy (non-hydrogen) atoms. The molecule has 7 heteroatoms. The van der Waals surface area contributed by atoms with Gasteiger partial charge in [0, 0.05) is 52.6 Å². The summed E-state index contributed by atoms with van der Waals surface area (Å²) in [4.78, 5) is 19.7. The fourth-order valence-electron chi connectivity index (χ4n) is 5.13. The number of pyridine rings is 1. The maximum Gasteiger partial charge on any atom is 0.226 e. The van der Waals surface area contributed by atoms with Crippen LogP contribution in [0.15, 0.2) is 36.7 Å². The van der Waals surface area contributed by atoms with Gasteiger partial charge in [-0.2, -0.15) is 0 Å². The Morgan fingerprint density at radius 1 is 1.06 bits per heavy atom. The Morgan fingerprint density at radius 3 is 2.29 bits per heavy atom. The van der Waals surface area contributed by atoms with Crippen LogP contribution in [0, 0.1) is 5.92 Å². The molecule has 2 fully saturated rings. The minimum Gasteiger partial charge on any atom is -0.414 e. The van der Waals surface area contributed by atoms with Crippen molar-refractivity contribution in [2.24, 2.45) is 5.92 Å². The van der Waals surface area contributed by atoms with E-state index in [4.69, 9.17) is 27.6 Å². The van der Waals surface area contributed by atoms with Gasteiger partial charge in [0.15, 0.2) is 8.32 Å². The van der Waals surface area contributed by atoms with E-state index in [1.54, 1.807) is 12.4 Å². The van der Waals surface area contributed by atoms with E-state index in [1.165, 1.54) is 0 Å². The second-order valence-electron chi connectivity index (χ2n) is 11.7. The van der Waals surface area contributed by atoms with Crippen LogP contribution in [0.3, 0.4) is 0 Å². The van der Waals surface area contributed by atoms with Crippen LogP contribution in [0.2, 0.25) is 28.2 Å². The first-order chi connectivity index (χ1) is 16.5. The minimum absolute atomic E-state index is 0.0598. The molecule has 0 bridgehead atoms. The van der Waals surface area contributed by atoms with Gasteiger partial charge in [0.05, 0.1) is 0 Å². The number of carbonyl (C=O) groups is 1. The zero-order valence-corrected chi connectivity index (χ0v) is 24.1. The van der Waals surface area contributed by atoms with Crippen LogP contribution in [0.1, 0.15) is 58.4 Å². The SMILES string of the molecule is CC(C)(C)[Si](C)(C)OC1CCC(N2CCC(Cc3c(Cl)cc(-c4cccnc4)cc3Cl)C2=O)CC1. The first-order valence-corrected chi connectivity index (χ1v) is 16.5. The van der Waals surface area contributed by atoms with Crippen molar-refractivity contribution in [2.75, 3.05) is 6.54 Å². The third-order valence-corrected chi connectivity index (χ3v) is 13.5. The summed E-state index contributed by atoms with van der Waals surface area (Å²) in [7, 11) is -1.76. The molecule has 1 saturated carbocycles. The molecule has 2 heterocycles. The van der Waals surface area contributed by atoms with Gasteiger partial charge in [-0.3, -0.25) is 9.78 Å². The van der Waals surface area contributed by atoms with E-state index in [-0.39, 0.29) is 16.9 Å². The van der Waals surface area contributed by atoms with Crippen molar-refractivity contribution >= 4 is 37.4 Å². The van der Waals surface area contributed by atoms with Gasteiger partial charge in [-0.15, -0.1) is 0 Å². The lowest BCUT2D eigenvalue weighted by Crippen LogP contribution is -2.47. The monoisotopic (exact) mass is 532 g/mol. The summed E-state index contributed by atoms with van der Waals surface area (Å²) >= 11 is 13.3. The molecular weight excluding hydrogens is 495 g/mol. The summed E-state index contributed by atoms with van der Waals surface area (Å²) < 4.78 is 6.65. The van der Waals surface area contributed by atoms with Crippen LogP contribution in [0.25, 0.3) is 11.1 Å². The van der Waals surface area contributed by atoms with Gasteiger partial charge in [0.25, 0.3) is 0 Å². The van der Waals surface area contributed by atoms with Gasteiger partial charge in [-0.1, -0.05) is 50.0 Å². The number of rotatable bonds is 6. The van der Waals surface area contributed by atoms with Crippen LogP contribution in [-0.2, 0) is 15.6 Å². The average molecular weight is 534 g/mol. The number of nitrogens with zero attached hydrogens (tertiary/aromatic N) is 2. The highest BCUT2D eigenvalue weighted by molar-refractivity contribution is 6.74. The van der Waals surface area contributed by atoms with Crippen molar-refractivity contribution in [2.45, 2.75) is 89.6 Å². The van der Waals surface area contributed by atoms with Crippen molar-refractivity contribution in [3.8, 4) is 11.1 Å². The Hall–Kier alpha value is -1.40. The largest absolute Gasteiger partial charge is 0.414 e. The number of aromatic nitrogens is 1. The number of carbonyl (C=O) groups excluding carboxylic acids is 1. The molecule has 190 valence electrons. The van der Waals surface area contributed by atoms with E-state index in [0.717, 1.165) is 55.3 Å². The summed E-state index contributed by atoms with van der Waals surface area (Å²) in [5.74, 6) is 0.192. The Balaban J connectivity index is 1.36. The average Bonchev–Trinajstić information content (AvgIpc) is 3.16. The topological polar surface area (TPSA) is 42.4 Å². The van der Waals surface area contributed by atoms with E-state index in [9.17, 15) is 4.79 Å². The Bertz CT molecular complexity index is 1020. The number of likely N-dealkylation sites (tertiary alicyclic amines) is 1. The van der Waals surface area contributed by atoms with E-state index >= 15 is 0 Å². The van der Waals surface area contributed by atoms with E-state index < -0.39 is 8.32 Å². The zero-order valence-electron chi connectivity index (χ0n) is 21.6. The maximum absolute atomic E-state index is 13.4. The second-order valence-corrected chi connectivity index (χ2v) is 17.3. The number of hydrogen-bond donors (Lipinski definition) is 0. The van der Waals surface area contributed by atoms with Gasteiger partial charge in [-0.05, 0) is 86.0 Å². The summed E-state index contributed by atoms with van der Waals surface area (Å²) in [6.45, 7) is 12.3. The summed E-state index contributed by atoms with van der Waals surface area (Å²) in [6, 6.07) is 8.06. The van der Waals surface area contributed by atoms with E-state index in [2.05, 4.69) is 43.7 Å². The lowest BCUT2D eigenvalue weighted by Gasteiger charge is -2.42. The third kappa shape index (κ3) is 5.95. The molecule has 1 aliphatic carbocycles. The molecule has 4 rings (SSSR count). The molecule has 1 saturated heterocycles. The highest BCUT2D eigenvalue weighted by Crippen LogP contribution is 2.40. The van der Waals surface area contributed by atoms with Crippen molar-refractivity contribution in [1.29, 1.82) is 0 Å². The minimum atomic E-state index is -1.76. The number of benzene rings is 1. The van der Waals surface area contributed by atoms with Crippen LogP contribution in [0.5, 0.6) is 0 Å². The highest BCUT2D eigenvalue weighted by Gasteiger charge is 2.42. The second kappa shape index (κ2) is 10.5. The molecule has 1 aliphatic heterocycles. The number of amides is 1. The standard InChI is InChI=1S/C28H38Cl2N2O2Si/c1-28(2,3)35(4,5)34-23-10-8-22(9-11-23)32-14-12-19(27(32)33)15-24-25(29)16-21(17-26(24)30)20-7-6-13-31-18-20/h6-7,13,16-19,22-23H,8-12,14-15H2,1-5H3. The fraction of sp³-hybridized carbons (Fsp3) is 0.571. The molecule has 0 radical (unpaired) electrons. The van der Waals surface area contributed by atoms with E-state index in [0.29, 0.717) is 28.6 Å². The maximum atomic E-state index is 13.4. The number of hydrogen-bond acceptors (Lipinski definition) is 3. The van der Waals surface area contributed by atoms with Crippen molar-refractivity contribution in [1.82, 2.24) is 9.88 Å². The molecule has 2 aliphatic rings. The normalized spacial score (nSPS) is 23.7. The highest BCUT2D eigenvalue weighted by atomic mass is 35.5. The molecule has 4 nitrogen and oxygen atoms in total. The van der Waals surface area contributed by atoms with Crippen LogP contribution >= 0.6 is 23.2 Å². The molecule has 1 unspecified atom stereocenters. The summed E-state index contributed by atoms with van der Waals surface area (Å²) in [6.07, 6.45) is 9.45. The van der Waals surface area contributed by atoms with Gasteiger partial charge in [0.2, 0.25) is 5.91 Å². The van der Waals surface area contributed by atoms with Crippen molar-refractivity contribution < 1.29 is 9.22 Å².